The average molecular weight is 363 g/mol. The topological polar surface area (TPSA) is 12.9 Å². The Morgan fingerprint density at radius 1 is 1.12 bits per heavy atom. The van der Waals surface area contributed by atoms with Crippen LogP contribution in [0.4, 0.5) is 4.39 Å². The van der Waals surface area contributed by atoms with E-state index in [4.69, 9.17) is 0 Å². The third kappa shape index (κ3) is 3.06. The molecule has 5 heteroatoms. The van der Waals surface area contributed by atoms with Crippen molar-refractivity contribution in [3.63, 3.8) is 0 Å². The Hall–Kier alpha value is -0.390. The summed E-state index contributed by atoms with van der Waals surface area (Å²) in [5.74, 6) is -0.320. The van der Waals surface area contributed by atoms with Crippen LogP contribution in [0.2, 0.25) is 0 Å². The Morgan fingerprint density at radius 3 is 2.62 bits per heavy atom. The van der Waals surface area contributed by atoms with Crippen LogP contribution in [0.25, 0.3) is 0 Å². The van der Waals surface area contributed by atoms with Crippen LogP contribution in [0.15, 0.2) is 55.4 Å². The first-order valence-electron chi connectivity index (χ1n) is 4.39. The summed E-state index contributed by atoms with van der Waals surface area (Å²) in [5, 5.41) is 0.376. The van der Waals surface area contributed by atoms with Crippen molar-refractivity contribution in [3.05, 3.63) is 51.3 Å². The van der Waals surface area contributed by atoms with E-state index >= 15 is 0 Å². The maximum absolute atomic E-state index is 13.5. The molecular formula is C11H6Br2FNS. The molecule has 0 fully saturated rings. The normalized spacial score (nSPS) is 10.4. The molecule has 1 heterocycles. The number of nitrogens with zero attached hydrogens (tertiary/aromatic N) is 1. The SMILES string of the molecule is Fc1cc(Br)cnc1Sc1cccc(Br)c1. The monoisotopic (exact) mass is 361 g/mol. The molecule has 0 unspecified atom stereocenters. The molecular weight excluding hydrogens is 357 g/mol. The molecule has 82 valence electrons. The second-order valence-electron chi connectivity index (χ2n) is 3.00. The molecule has 1 nitrogen and oxygen atoms in total. The van der Waals surface area contributed by atoms with E-state index in [1.165, 1.54) is 17.8 Å². The maximum atomic E-state index is 13.5. The van der Waals surface area contributed by atoms with Gasteiger partial charge in [-0.25, -0.2) is 9.37 Å². The summed E-state index contributed by atoms with van der Waals surface area (Å²) >= 11 is 7.84. The highest BCUT2D eigenvalue weighted by Gasteiger charge is 2.06. The van der Waals surface area contributed by atoms with E-state index in [9.17, 15) is 4.39 Å². The minimum atomic E-state index is -0.320. The summed E-state index contributed by atoms with van der Waals surface area (Å²) in [6.07, 6.45) is 1.59. The minimum Gasteiger partial charge on any atom is -0.245 e. The molecule has 0 aliphatic heterocycles. The summed E-state index contributed by atoms with van der Waals surface area (Å²) < 4.78 is 15.1. The second kappa shape index (κ2) is 5.29. The van der Waals surface area contributed by atoms with E-state index in [1.807, 2.05) is 24.3 Å². The molecule has 1 aromatic heterocycles. The summed E-state index contributed by atoms with van der Waals surface area (Å²) in [5.41, 5.74) is 0. The van der Waals surface area contributed by atoms with Crippen LogP contribution in [0, 0.1) is 5.82 Å². The first kappa shape index (κ1) is 12.1. The standard InChI is InChI=1S/C11H6Br2FNS/c12-7-2-1-3-9(4-7)16-11-10(14)5-8(13)6-15-11/h1-6H. The van der Waals surface area contributed by atoms with E-state index in [0.29, 0.717) is 9.50 Å². The number of halogens is 3. The van der Waals surface area contributed by atoms with Crippen LogP contribution in [-0.4, -0.2) is 4.98 Å². The number of hydrogen-bond acceptors (Lipinski definition) is 2. The molecule has 2 aromatic rings. The van der Waals surface area contributed by atoms with Crippen molar-refractivity contribution in [2.75, 3.05) is 0 Å². The zero-order chi connectivity index (χ0) is 11.5. The van der Waals surface area contributed by atoms with Gasteiger partial charge in [0, 0.05) is 20.0 Å². The van der Waals surface area contributed by atoms with Crippen molar-refractivity contribution in [3.8, 4) is 0 Å². The van der Waals surface area contributed by atoms with Gasteiger partial charge in [-0.15, -0.1) is 0 Å². The maximum Gasteiger partial charge on any atom is 0.156 e. The minimum absolute atomic E-state index is 0.320. The fraction of sp³-hybridized carbons (Fsp3) is 0. The first-order chi connectivity index (χ1) is 7.65. The van der Waals surface area contributed by atoms with Gasteiger partial charge in [0.25, 0.3) is 0 Å². The van der Waals surface area contributed by atoms with E-state index in [0.717, 1.165) is 9.37 Å². The number of benzene rings is 1. The van der Waals surface area contributed by atoms with Gasteiger partial charge in [-0.05, 0) is 40.2 Å². The molecule has 0 saturated heterocycles. The van der Waals surface area contributed by atoms with Gasteiger partial charge in [-0.2, -0.15) is 0 Å². The van der Waals surface area contributed by atoms with Gasteiger partial charge in [0.2, 0.25) is 0 Å². The van der Waals surface area contributed by atoms with Gasteiger partial charge >= 0.3 is 0 Å². The van der Waals surface area contributed by atoms with Crippen molar-refractivity contribution in [1.82, 2.24) is 4.98 Å². The molecule has 16 heavy (non-hydrogen) atoms. The fourth-order valence-corrected chi connectivity index (χ4v) is 2.79. The van der Waals surface area contributed by atoms with Gasteiger partial charge in [0.15, 0.2) is 5.82 Å². The molecule has 0 amide bonds. The van der Waals surface area contributed by atoms with E-state index in [1.54, 1.807) is 6.20 Å². The van der Waals surface area contributed by atoms with Crippen molar-refractivity contribution in [2.45, 2.75) is 9.92 Å². The van der Waals surface area contributed by atoms with E-state index < -0.39 is 0 Å². The average Bonchev–Trinajstić information content (AvgIpc) is 2.22. The zero-order valence-electron chi connectivity index (χ0n) is 7.95. The van der Waals surface area contributed by atoms with Gasteiger partial charge in [-0.3, -0.25) is 0 Å². The van der Waals surface area contributed by atoms with Gasteiger partial charge in [-0.1, -0.05) is 33.8 Å². The van der Waals surface area contributed by atoms with Crippen molar-refractivity contribution in [1.29, 1.82) is 0 Å². The van der Waals surface area contributed by atoms with E-state index in [2.05, 4.69) is 36.8 Å². The van der Waals surface area contributed by atoms with Crippen molar-refractivity contribution in [2.24, 2.45) is 0 Å². The predicted molar refractivity (Wildman–Crippen MR) is 70.2 cm³/mol. The van der Waals surface area contributed by atoms with E-state index in [-0.39, 0.29) is 5.82 Å². The quantitative estimate of drug-likeness (QED) is 0.753. The highest BCUT2D eigenvalue weighted by molar-refractivity contribution is 9.10. The highest BCUT2D eigenvalue weighted by Crippen LogP contribution is 2.30. The Kier molecular flexibility index (Phi) is 4.00. The molecule has 0 aliphatic rings. The molecule has 1 aromatic carbocycles. The van der Waals surface area contributed by atoms with Gasteiger partial charge in [0.05, 0.1) is 0 Å². The molecule has 0 aliphatic carbocycles. The van der Waals surface area contributed by atoms with Gasteiger partial charge in [0.1, 0.15) is 5.03 Å². The van der Waals surface area contributed by atoms with Gasteiger partial charge < -0.3 is 0 Å². The lowest BCUT2D eigenvalue weighted by atomic mass is 10.4. The van der Waals surface area contributed by atoms with Crippen LogP contribution in [0.3, 0.4) is 0 Å². The predicted octanol–water partition coefficient (Wildman–Crippen LogP) is 4.90. The third-order valence-electron chi connectivity index (χ3n) is 1.78. The summed E-state index contributed by atoms with van der Waals surface area (Å²) in [4.78, 5) is 4.98. The number of rotatable bonds is 2. The summed E-state index contributed by atoms with van der Waals surface area (Å²) in [6.45, 7) is 0. The lowest BCUT2D eigenvalue weighted by Crippen LogP contribution is -1.86. The highest BCUT2D eigenvalue weighted by atomic mass is 79.9. The Balaban J connectivity index is 2.27. The summed E-state index contributed by atoms with van der Waals surface area (Å²) in [6, 6.07) is 9.08. The number of pyridine rings is 1. The Bertz CT molecular complexity index is 519. The van der Waals surface area contributed by atoms with Crippen LogP contribution in [-0.2, 0) is 0 Å². The van der Waals surface area contributed by atoms with Crippen LogP contribution in [0.5, 0.6) is 0 Å². The van der Waals surface area contributed by atoms with Crippen molar-refractivity contribution >= 4 is 43.6 Å². The largest absolute Gasteiger partial charge is 0.245 e. The molecule has 0 atom stereocenters. The molecule has 0 saturated carbocycles. The lowest BCUT2D eigenvalue weighted by Gasteiger charge is -2.02. The first-order valence-corrected chi connectivity index (χ1v) is 6.80. The molecule has 0 spiro atoms. The second-order valence-corrected chi connectivity index (χ2v) is 5.89. The van der Waals surface area contributed by atoms with Crippen LogP contribution >= 0.6 is 43.6 Å². The van der Waals surface area contributed by atoms with Crippen LogP contribution < -0.4 is 0 Å². The zero-order valence-corrected chi connectivity index (χ0v) is 11.9. The fourth-order valence-electron chi connectivity index (χ4n) is 1.12. The molecule has 0 bridgehead atoms. The lowest BCUT2D eigenvalue weighted by molar-refractivity contribution is 0.586. The Morgan fingerprint density at radius 2 is 1.94 bits per heavy atom. The summed E-state index contributed by atoms with van der Waals surface area (Å²) in [7, 11) is 0. The number of aromatic nitrogens is 1. The van der Waals surface area contributed by atoms with Crippen LogP contribution in [0.1, 0.15) is 0 Å². The number of hydrogen-bond donors (Lipinski definition) is 0. The molecule has 0 radical (unpaired) electrons. The smallest absolute Gasteiger partial charge is 0.156 e. The third-order valence-corrected chi connectivity index (χ3v) is 3.69. The molecule has 2 rings (SSSR count). The Labute approximate surface area is 114 Å². The molecule has 0 N–H and O–H groups in total. The van der Waals surface area contributed by atoms with Crippen molar-refractivity contribution < 1.29 is 4.39 Å².